The van der Waals surface area contributed by atoms with Gasteiger partial charge in [0.2, 0.25) is 5.91 Å². The molecule has 5 heteroatoms. The van der Waals surface area contributed by atoms with Crippen LogP contribution in [0.3, 0.4) is 0 Å². The van der Waals surface area contributed by atoms with Crippen molar-refractivity contribution in [1.82, 2.24) is 15.3 Å². The normalized spacial score (nSPS) is 16.7. The van der Waals surface area contributed by atoms with Crippen LogP contribution in [0.1, 0.15) is 29.4 Å². The SMILES string of the molecule is Cc1nccc(CNC(=O)C2CCNc3ccccc32)n1. The van der Waals surface area contributed by atoms with Gasteiger partial charge in [0.15, 0.2) is 0 Å². The summed E-state index contributed by atoms with van der Waals surface area (Å²) in [5, 5.41) is 6.31. The Morgan fingerprint density at radius 1 is 1.38 bits per heavy atom. The molecule has 2 N–H and O–H groups in total. The average Bonchev–Trinajstić information content (AvgIpc) is 2.52. The van der Waals surface area contributed by atoms with E-state index in [9.17, 15) is 4.79 Å². The van der Waals surface area contributed by atoms with E-state index in [4.69, 9.17) is 0 Å². The van der Waals surface area contributed by atoms with Gasteiger partial charge in [-0.2, -0.15) is 0 Å². The van der Waals surface area contributed by atoms with E-state index >= 15 is 0 Å². The zero-order valence-corrected chi connectivity index (χ0v) is 12.0. The van der Waals surface area contributed by atoms with Gasteiger partial charge < -0.3 is 10.6 Å². The van der Waals surface area contributed by atoms with Crippen molar-refractivity contribution in [2.45, 2.75) is 25.8 Å². The molecule has 1 aliphatic rings. The predicted molar refractivity (Wildman–Crippen MR) is 80.9 cm³/mol. The molecule has 0 bridgehead atoms. The molecule has 21 heavy (non-hydrogen) atoms. The number of nitrogens with one attached hydrogen (secondary N) is 2. The third-order valence-corrected chi connectivity index (χ3v) is 3.68. The lowest BCUT2D eigenvalue weighted by Crippen LogP contribution is -2.32. The first kappa shape index (κ1) is 13.5. The van der Waals surface area contributed by atoms with Crippen molar-refractivity contribution in [3.05, 3.63) is 53.6 Å². The zero-order chi connectivity index (χ0) is 14.7. The summed E-state index contributed by atoms with van der Waals surface area (Å²) in [4.78, 5) is 20.8. The summed E-state index contributed by atoms with van der Waals surface area (Å²) in [7, 11) is 0. The Hall–Kier alpha value is -2.43. The van der Waals surface area contributed by atoms with Gasteiger partial charge in [0.25, 0.3) is 0 Å². The molecule has 0 aliphatic carbocycles. The van der Waals surface area contributed by atoms with Gasteiger partial charge in [-0.3, -0.25) is 4.79 Å². The van der Waals surface area contributed by atoms with Gasteiger partial charge in [-0.15, -0.1) is 0 Å². The van der Waals surface area contributed by atoms with Gasteiger partial charge in [0.1, 0.15) is 5.82 Å². The Morgan fingerprint density at radius 2 is 2.24 bits per heavy atom. The first-order valence-electron chi connectivity index (χ1n) is 7.13. The van der Waals surface area contributed by atoms with Crippen molar-refractivity contribution >= 4 is 11.6 Å². The second kappa shape index (κ2) is 5.91. The van der Waals surface area contributed by atoms with Gasteiger partial charge in [0, 0.05) is 18.4 Å². The van der Waals surface area contributed by atoms with Crippen LogP contribution in [-0.2, 0) is 11.3 Å². The number of hydrogen-bond acceptors (Lipinski definition) is 4. The average molecular weight is 282 g/mol. The predicted octanol–water partition coefficient (Wildman–Crippen LogP) is 2.00. The number of benzene rings is 1. The molecule has 108 valence electrons. The number of rotatable bonds is 3. The fourth-order valence-corrected chi connectivity index (χ4v) is 2.65. The minimum Gasteiger partial charge on any atom is -0.385 e. The molecule has 0 spiro atoms. The van der Waals surface area contributed by atoms with Gasteiger partial charge in [-0.05, 0) is 31.0 Å². The van der Waals surface area contributed by atoms with Gasteiger partial charge in [-0.25, -0.2) is 9.97 Å². The highest BCUT2D eigenvalue weighted by atomic mass is 16.1. The standard InChI is InChI=1S/C16H18N4O/c1-11-17-8-6-12(20-11)10-19-16(21)14-7-9-18-15-5-3-2-4-13(14)15/h2-6,8,14,18H,7,9-10H2,1H3,(H,19,21). The molecule has 1 aromatic carbocycles. The lowest BCUT2D eigenvalue weighted by atomic mass is 9.90. The second-order valence-corrected chi connectivity index (χ2v) is 5.17. The fourth-order valence-electron chi connectivity index (χ4n) is 2.65. The number of carbonyl (C=O) groups is 1. The minimum absolute atomic E-state index is 0.0558. The summed E-state index contributed by atoms with van der Waals surface area (Å²) in [6.07, 6.45) is 2.52. The first-order valence-corrected chi connectivity index (χ1v) is 7.13. The highest BCUT2D eigenvalue weighted by Crippen LogP contribution is 2.31. The van der Waals surface area contributed by atoms with Crippen LogP contribution in [0.4, 0.5) is 5.69 Å². The molecule has 1 amide bonds. The highest BCUT2D eigenvalue weighted by molar-refractivity contribution is 5.86. The highest BCUT2D eigenvalue weighted by Gasteiger charge is 2.25. The van der Waals surface area contributed by atoms with Crippen LogP contribution in [-0.4, -0.2) is 22.4 Å². The summed E-state index contributed by atoms with van der Waals surface area (Å²) < 4.78 is 0. The smallest absolute Gasteiger partial charge is 0.228 e. The molecule has 1 aromatic heterocycles. The lowest BCUT2D eigenvalue weighted by molar-refractivity contribution is -0.122. The van der Waals surface area contributed by atoms with Crippen LogP contribution in [0.25, 0.3) is 0 Å². The molecule has 2 heterocycles. The van der Waals surface area contributed by atoms with E-state index < -0.39 is 0 Å². The zero-order valence-electron chi connectivity index (χ0n) is 12.0. The topological polar surface area (TPSA) is 66.9 Å². The fraction of sp³-hybridized carbons (Fsp3) is 0.312. The van der Waals surface area contributed by atoms with E-state index in [-0.39, 0.29) is 11.8 Å². The molecule has 3 rings (SSSR count). The van der Waals surface area contributed by atoms with E-state index in [1.165, 1.54) is 0 Å². The Balaban J connectivity index is 1.69. The van der Waals surface area contributed by atoms with Crippen molar-refractivity contribution in [2.24, 2.45) is 0 Å². The lowest BCUT2D eigenvalue weighted by Gasteiger charge is -2.25. The third-order valence-electron chi connectivity index (χ3n) is 3.68. The van der Waals surface area contributed by atoms with Crippen LogP contribution in [0.5, 0.6) is 0 Å². The van der Waals surface area contributed by atoms with E-state index in [0.29, 0.717) is 12.4 Å². The molecular weight excluding hydrogens is 264 g/mol. The number of anilines is 1. The number of aromatic nitrogens is 2. The van der Waals surface area contributed by atoms with Gasteiger partial charge in [0.05, 0.1) is 18.2 Å². The largest absolute Gasteiger partial charge is 0.385 e. The molecule has 0 saturated heterocycles. The number of nitrogens with zero attached hydrogens (tertiary/aromatic N) is 2. The molecular formula is C16H18N4O. The maximum atomic E-state index is 12.4. The molecule has 5 nitrogen and oxygen atoms in total. The number of carbonyl (C=O) groups excluding carboxylic acids is 1. The van der Waals surface area contributed by atoms with Crippen molar-refractivity contribution in [2.75, 3.05) is 11.9 Å². The van der Waals surface area contributed by atoms with Crippen LogP contribution in [0, 0.1) is 6.92 Å². The summed E-state index contributed by atoms with van der Waals surface area (Å²) in [5.74, 6) is 0.680. The van der Waals surface area contributed by atoms with E-state index in [1.54, 1.807) is 6.20 Å². The molecule has 0 fully saturated rings. The molecule has 2 aromatic rings. The monoisotopic (exact) mass is 282 g/mol. The molecule has 0 saturated carbocycles. The maximum absolute atomic E-state index is 12.4. The van der Waals surface area contributed by atoms with Crippen molar-refractivity contribution in [1.29, 1.82) is 0 Å². The minimum atomic E-state index is -0.0922. The van der Waals surface area contributed by atoms with Crippen LogP contribution >= 0.6 is 0 Å². The van der Waals surface area contributed by atoms with E-state index in [2.05, 4.69) is 20.6 Å². The Bertz CT molecular complexity index is 656. The van der Waals surface area contributed by atoms with Crippen LogP contribution in [0.2, 0.25) is 0 Å². The molecule has 1 atom stereocenters. The maximum Gasteiger partial charge on any atom is 0.228 e. The number of fused-ring (bicyclic) bond motifs is 1. The summed E-state index contributed by atoms with van der Waals surface area (Å²) >= 11 is 0. The number of amides is 1. The summed E-state index contributed by atoms with van der Waals surface area (Å²) in [6, 6.07) is 9.81. The Kier molecular flexibility index (Phi) is 3.81. The first-order chi connectivity index (χ1) is 10.2. The number of para-hydroxylation sites is 1. The third kappa shape index (κ3) is 3.02. The molecule has 1 unspecified atom stereocenters. The number of aryl methyl sites for hydroxylation is 1. The van der Waals surface area contributed by atoms with Gasteiger partial charge >= 0.3 is 0 Å². The van der Waals surface area contributed by atoms with Crippen LogP contribution < -0.4 is 10.6 Å². The van der Waals surface area contributed by atoms with Crippen LogP contribution in [0.15, 0.2) is 36.5 Å². The van der Waals surface area contributed by atoms with E-state index in [0.717, 1.165) is 29.9 Å². The summed E-state index contributed by atoms with van der Waals surface area (Å²) in [6.45, 7) is 3.10. The number of hydrogen-bond donors (Lipinski definition) is 2. The Labute approximate surface area is 123 Å². The van der Waals surface area contributed by atoms with Gasteiger partial charge in [-0.1, -0.05) is 18.2 Å². The quantitative estimate of drug-likeness (QED) is 0.903. The van der Waals surface area contributed by atoms with Crippen molar-refractivity contribution in [3.63, 3.8) is 0 Å². The summed E-state index contributed by atoms with van der Waals surface area (Å²) in [5.41, 5.74) is 2.96. The van der Waals surface area contributed by atoms with E-state index in [1.807, 2.05) is 37.3 Å². The second-order valence-electron chi connectivity index (χ2n) is 5.17. The molecule has 1 aliphatic heterocycles. The van der Waals surface area contributed by atoms with Crippen molar-refractivity contribution in [3.8, 4) is 0 Å². The Morgan fingerprint density at radius 3 is 3.10 bits per heavy atom. The molecule has 0 radical (unpaired) electrons. The van der Waals surface area contributed by atoms with Crippen molar-refractivity contribution < 1.29 is 4.79 Å².